The van der Waals surface area contributed by atoms with Gasteiger partial charge in [-0.2, -0.15) is 13.2 Å². The van der Waals surface area contributed by atoms with Gasteiger partial charge in [-0.25, -0.2) is 9.69 Å². The molecule has 0 radical (unpaired) electrons. The predicted molar refractivity (Wildman–Crippen MR) is 148 cm³/mol. The van der Waals surface area contributed by atoms with E-state index in [2.05, 4.69) is 37.0 Å². The van der Waals surface area contributed by atoms with Gasteiger partial charge in [-0.1, -0.05) is 72.4 Å². The zero-order chi connectivity index (χ0) is 28.9. The Balaban J connectivity index is 1.63. The lowest BCUT2D eigenvalue weighted by Gasteiger charge is -2.33. The number of nitrogens with zero attached hydrogens (tertiary/aromatic N) is 2. The van der Waals surface area contributed by atoms with Crippen LogP contribution in [0.2, 0.25) is 10.0 Å². The molecule has 1 fully saturated rings. The molecule has 1 aliphatic carbocycles. The summed E-state index contributed by atoms with van der Waals surface area (Å²) >= 11 is 18.6. The van der Waals surface area contributed by atoms with Crippen LogP contribution in [0.25, 0.3) is 0 Å². The van der Waals surface area contributed by atoms with Crippen molar-refractivity contribution >= 4 is 72.8 Å². The third kappa shape index (κ3) is 6.26. The summed E-state index contributed by atoms with van der Waals surface area (Å²) in [5, 5.41) is 3.84. The van der Waals surface area contributed by atoms with Crippen molar-refractivity contribution in [3.05, 3.63) is 67.6 Å². The molecule has 2 aliphatic rings. The van der Waals surface area contributed by atoms with Gasteiger partial charge in [0, 0.05) is 31.6 Å². The highest BCUT2D eigenvalue weighted by molar-refractivity contribution is 9.10. The summed E-state index contributed by atoms with van der Waals surface area (Å²) in [7, 11) is 0. The summed E-state index contributed by atoms with van der Waals surface area (Å²) in [6.45, 7) is 5.03. The number of hydrogen-bond donors (Lipinski definition) is 0. The molecule has 2 atom stereocenters. The number of benzene rings is 2. The van der Waals surface area contributed by atoms with Gasteiger partial charge in [-0.05, 0) is 63.4 Å². The summed E-state index contributed by atoms with van der Waals surface area (Å²) in [5.74, 6) is -0.560. The Morgan fingerprint density at radius 2 is 1.74 bits per heavy atom. The number of hydrogen-bond acceptors (Lipinski definition) is 5. The van der Waals surface area contributed by atoms with Crippen LogP contribution < -0.4 is 0 Å². The summed E-state index contributed by atoms with van der Waals surface area (Å²) in [6, 6.07) is 8.29. The van der Waals surface area contributed by atoms with E-state index in [-0.39, 0.29) is 39.7 Å². The number of halogens is 7. The van der Waals surface area contributed by atoms with Crippen LogP contribution in [0.5, 0.6) is 0 Å². The zero-order valence-electron chi connectivity index (χ0n) is 20.9. The van der Waals surface area contributed by atoms with Gasteiger partial charge in [-0.15, -0.1) is 0 Å². The highest BCUT2D eigenvalue weighted by Crippen LogP contribution is 2.52. The van der Waals surface area contributed by atoms with E-state index >= 15 is 0 Å². The van der Waals surface area contributed by atoms with E-state index in [1.165, 1.54) is 6.07 Å². The molecule has 2 unspecified atom stereocenters. The minimum Gasteiger partial charge on any atom is -0.443 e. The second-order valence-corrected chi connectivity index (χ2v) is 12.9. The molecule has 1 saturated carbocycles. The van der Waals surface area contributed by atoms with E-state index in [1.54, 1.807) is 39.0 Å². The average Bonchev–Trinajstić information content (AvgIpc) is 3.57. The maximum Gasteiger partial charge on any atom is 0.436 e. The highest BCUT2D eigenvalue weighted by Gasteiger charge is 2.67. The molecule has 2 amide bonds. The Kier molecular flexibility index (Phi) is 8.40. The highest BCUT2D eigenvalue weighted by atomic mass is 79.9. The SMILES string of the molecule is CC(C)(C)OC(=O)N(Cc1ccc(C2=NOC(c3cc(Cl)cc(Cl)c3)(C(F)(F)F)C2Br)cc1Br)C(=O)C1CC1. The number of alkyl halides is 4. The third-order valence-corrected chi connectivity index (χ3v) is 8.33. The van der Waals surface area contributed by atoms with E-state index < -0.39 is 28.3 Å². The molecule has 0 bridgehead atoms. The first-order valence-electron chi connectivity index (χ1n) is 11.8. The number of carbonyl (C=O) groups excluding carboxylic acids is 2. The molecule has 210 valence electrons. The smallest absolute Gasteiger partial charge is 0.436 e. The van der Waals surface area contributed by atoms with E-state index in [1.807, 2.05) is 0 Å². The number of carbonyl (C=O) groups is 2. The predicted octanol–water partition coefficient (Wildman–Crippen LogP) is 8.39. The van der Waals surface area contributed by atoms with Crippen molar-refractivity contribution in [2.45, 2.75) is 62.4 Å². The fraction of sp³-hybridized carbons (Fsp3) is 0.423. The van der Waals surface area contributed by atoms with Gasteiger partial charge < -0.3 is 9.57 Å². The lowest BCUT2D eigenvalue weighted by molar-refractivity contribution is -0.273. The van der Waals surface area contributed by atoms with E-state index in [9.17, 15) is 22.8 Å². The van der Waals surface area contributed by atoms with Crippen molar-refractivity contribution < 1.29 is 32.3 Å². The van der Waals surface area contributed by atoms with Crippen molar-refractivity contribution in [1.82, 2.24) is 4.90 Å². The first-order valence-corrected chi connectivity index (χ1v) is 14.3. The van der Waals surface area contributed by atoms with E-state index in [4.69, 9.17) is 32.8 Å². The van der Waals surface area contributed by atoms with Gasteiger partial charge in [0.1, 0.15) is 16.1 Å². The molecule has 0 saturated heterocycles. The van der Waals surface area contributed by atoms with Crippen LogP contribution in [-0.2, 0) is 26.5 Å². The maximum absolute atomic E-state index is 14.5. The lowest BCUT2D eigenvalue weighted by Crippen LogP contribution is -2.50. The normalized spacial score (nSPS) is 21.3. The van der Waals surface area contributed by atoms with Crippen molar-refractivity contribution in [2.24, 2.45) is 11.1 Å². The molecule has 0 spiro atoms. The molecule has 1 heterocycles. The van der Waals surface area contributed by atoms with Crippen molar-refractivity contribution in [1.29, 1.82) is 0 Å². The maximum atomic E-state index is 14.5. The fourth-order valence-electron chi connectivity index (χ4n) is 4.04. The van der Waals surface area contributed by atoms with Crippen LogP contribution in [0.4, 0.5) is 18.0 Å². The lowest BCUT2D eigenvalue weighted by atomic mass is 9.86. The molecule has 0 N–H and O–H groups in total. The molecule has 2 aromatic carbocycles. The summed E-state index contributed by atoms with van der Waals surface area (Å²) in [6.07, 6.45) is -4.26. The molecule has 13 heteroatoms. The second kappa shape index (κ2) is 10.9. The summed E-state index contributed by atoms with van der Waals surface area (Å²) in [5.41, 5.74) is -3.14. The largest absolute Gasteiger partial charge is 0.443 e. The molecule has 0 aromatic heterocycles. The standard InChI is InChI=1S/C26H23Br2Cl2F3N2O4/c1-24(2,3)38-23(37)35(22(36)13-4-5-13)12-15-7-6-14(8-19(15)27)20-21(28)25(39-34-20,26(31,32)33)16-9-17(29)11-18(30)10-16/h6-11,13,21H,4-5,12H2,1-3H3. The zero-order valence-corrected chi connectivity index (χ0v) is 25.6. The van der Waals surface area contributed by atoms with Gasteiger partial charge in [0.15, 0.2) is 0 Å². The fourth-order valence-corrected chi connectivity index (χ4v) is 6.02. The first kappa shape index (κ1) is 30.1. The van der Waals surface area contributed by atoms with Gasteiger partial charge in [0.25, 0.3) is 5.60 Å². The van der Waals surface area contributed by atoms with Crippen LogP contribution in [0.15, 0.2) is 46.0 Å². The van der Waals surface area contributed by atoms with Crippen LogP contribution in [0.3, 0.4) is 0 Å². The minimum absolute atomic E-state index is 0.0141. The van der Waals surface area contributed by atoms with Gasteiger partial charge in [-0.3, -0.25) is 4.79 Å². The number of amides is 2. The quantitative estimate of drug-likeness (QED) is 0.292. The topological polar surface area (TPSA) is 68.2 Å². The first-order chi connectivity index (χ1) is 18.0. The Hall–Kier alpha value is -1.82. The van der Waals surface area contributed by atoms with Crippen molar-refractivity contribution in [2.75, 3.05) is 0 Å². The third-order valence-electron chi connectivity index (χ3n) is 6.08. The second-order valence-electron chi connectivity index (χ2n) is 10.3. The summed E-state index contributed by atoms with van der Waals surface area (Å²) < 4.78 is 49.5. The Bertz CT molecular complexity index is 1330. The van der Waals surface area contributed by atoms with Gasteiger partial charge in [0.2, 0.25) is 5.91 Å². The van der Waals surface area contributed by atoms with Crippen LogP contribution >= 0.6 is 55.1 Å². The van der Waals surface area contributed by atoms with Gasteiger partial charge >= 0.3 is 12.3 Å². The Morgan fingerprint density at radius 3 is 2.26 bits per heavy atom. The van der Waals surface area contributed by atoms with E-state index in [0.717, 1.165) is 17.0 Å². The van der Waals surface area contributed by atoms with Crippen LogP contribution in [0.1, 0.15) is 50.3 Å². The molecule has 6 nitrogen and oxygen atoms in total. The Morgan fingerprint density at radius 1 is 1.13 bits per heavy atom. The number of oxime groups is 1. The monoisotopic (exact) mass is 712 g/mol. The molecular formula is C26H23Br2Cl2F3N2O4. The summed E-state index contributed by atoms with van der Waals surface area (Å²) in [4.78, 5) is 30.4. The van der Waals surface area contributed by atoms with E-state index in [0.29, 0.717) is 28.4 Å². The number of rotatable bonds is 5. The van der Waals surface area contributed by atoms with Crippen molar-refractivity contribution in [3.63, 3.8) is 0 Å². The Labute approximate surface area is 250 Å². The van der Waals surface area contributed by atoms with Gasteiger partial charge in [0.05, 0.1) is 6.54 Å². The number of ether oxygens (including phenoxy) is 1. The van der Waals surface area contributed by atoms with Crippen molar-refractivity contribution in [3.8, 4) is 0 Å². The average molecular weight is 715 g/mol. The molecule has 4 rings (SSSR count). The molecular weight excluding hydrogens is 692 g/mol. The van der Waals surface area contributed by atoms with Crippen LogP contribution in [0, 0.1) is 5.92 Å². The van der Waals surface area contributed by atoms with Crippen LogP contribution in [-0.4, -0.2) is 39.2 Å². The molecule has 2 aromatic rings. The number of imide groups is 1. The minimum atomic E-state index is -4.89. The molecule has 39 heavy (non-hydrogen) atoms. The molecule has 1 aliphatic heterocycles.